The topological polar surface area (TPSA) is 53.0 Å². The highest BCUT2D eigenvalue weighted by atomic mass is 19.4. The van der Waals surface area contributed by atoms with Crippen LogP contribution in [0.3, 0.4) is 0 Å². The molecule has 2 aromatic rings. The second-order valence-electron chi connectivity index (χ2n) is 11.3. The van der Waals surface area contributed by atoms with Crippen LogP contribution in [0.1, 0.15) is 48.4 Å². The van der Waals surface area contributed by atoms with Crippen molar-refractivity contribution in [2.45, 2.75) is 62.4 Å². The number of aromatic hydroxyl groups is 1. The Morgan fingerprint density at radius 1 is 1.24 bits per heavy atom. The molecule has 5 atom stereocenters. The summed E-state index contributed by atoms with van der Waals surface area (Å²) in [4.78, 5) is 17.4. The van der Waals surface area contributed by atoms with Crippen molar-refractivity contribution in [1.82, 2.24) is 9.80 Å². The number of phenolic OH excluding ortho intramolecular Hbond substituents is 1. The number of hydrogen-bond donors (Lipinski definition) is 1. The van der Waals surface area contributed by atoms with E-state index in [0.29, 0.717) is 17.4 Å². The fourth-order valence-corrected chi connectivity index (χ4v) is 7.87. The number of phenols is 1. The molecule has 1 saturated heterocycles. The second-order valence-corrected chi connectivity index (χ2v) is 11.3. The summed E-state index contributed by atoms with van der Waals surface area (Å²) in [7, 11) is 3.92. The molecule has 2 aliphatic carbocycles. The van der Waals surface area contributed by atoms with Crippen LogP contribution in [0.15, 0.2) is 42.5 Å². The number of likely N-dealkylation sites (N-methyl/N-ethyl adjacent to an activating group) is 2. The number of alkyl halides is 3. The van der Waals surface area contributed by atoms with E-state index in [4.69, 9.17) is 4.74 Å². The maximum atomic E-state index is 13.3. The number of carbonyl (C=O) groups excluding carboxylic acids is 1. The van der Waals surface area contributed by atoms with Gasteiger partial charge in [0.15, 0.2) is 11.5 Å². The van der Waals surface area contributed by atoms with Gasteiger partial charge < -0.3 is 19.6 Å². The Bertz CT molecular complexity index is 1310. The highest BCUT2D eigenvalue weighted by Crippen LogP contribution is 2.69. The van der Waals surface area contributed by atoms with Gasteiger partial charge in [-0.2, -0.15) is 13.2 Å². The monoisotopic (exact) mass is 512 g/mol. The van der Waals surface area contributed by atoms with Crippen LogP contribution in [-0.2, 0) is 22.8 Å². The molecule has 2 heterocycles. The Balaban J connectivity index is 1.33. The lowest BCUT2D eigenvalue weighted by Crippen LogP contribution is -2.73. The van der Waals surface area contributed by atoms with Gasteiger partial charge in [-0.3, -0.25) is 4.79 Å². The second kappa shape index (κ2) is 8.00. The molecule has 6 rings (SSSR count). The lowest BCUT2D eigenvalue weighted by atomic mass is 9.43. The Morgan fingerprint density at radius 2 is 2.03 bits per heavy atom. The minimum absolute atomic E-state index is 0.0645. The molecule has 0 aromatic heterocycles. The average Bonchev–Trinajstić information content (AvgIpc) is 3.21. The lowest BCUT2D eigenvalue weighted by molar-refractivity contribution is -0.148. The van der Waals surface area contributed by atoms with Crippen LogP contribution in [-0.4, -0.2) is 59.6 Å². The van der Waals surface area contributed by atoms with E-state index in [1.54, 1.807) is 24.1 Å². The molecule has 1 amide bonds. The van der Waals surface area contributed by atoms with Crippen LogP contribution in [0, 0.1) is 5.41 Å². The molecule has 1 saturated carbocycles. The van der Waals surface area contributed by atoms with Gasteiger partial charge in [0.1, 0.15) is 6.10 Å². The molecule has 4 aliphatic rings. The van der Waals surface area contributed by atoms with Crippen LogP contribution >= 0.6 is 0 Å². The number of rotatable bonds is 3. The molecule has 2 bridgehead atoms. The first-order chi connectivity index (χ1) is 17.5. The predicted molar refractivity (Wildman–Crippen MR) is 133 cm³/mol. The molecule has 196 valence electrons. The zero-order chi connectivity index (χ0) is 26.3. The van der Waals surface area contributed by atoms with Crippen molar-refractivity contribution in [3.63, 3.8) is 0 Å². The van der Waals surface area contributed by atoms with Crippen LogP contribution < -0.4 is 4.74 Å². The number of amides is 1. The average molecular weight is 513 g/mol. The van der Waals surface area contributed by atoms with Crippen molar-refractivity contribution in [3.05, 3.63) is 64.7 Å². The molecule has 8 heteroatoms. The van der Waals surface area contributed by atoms with E-state index in [0.717, 1.165) is 49.9 Å². The number of benzene rings is 2. The van der Waals surface area contributed by atoms with Crippen molar-refractivity contribution in [3.8, 4) is 11.5 Å². The molecule has 0 radical (unpaired) electrons. The van der Waals surface area contributed by atoms with E-state index in [9.17, 15) is 23.1 Å². The van der Waals surface area contributed by atoms with Crippen LogP contribution in [0.5, 0.6) is 11.5 Å². The molecule has 0 unspecified atom stereocenters. The normalized spacial score (nSPS) is 32.2. The van der Waals surface area contributed by atoms with Crippen molar-refractivity contribution in [2.75, 3.05) is 20.6 Å². The van der Waals surface area contributed by atoms with Crippen molar-refractivity contribution < 1.29 is 27.8 Å². The molecular formula is C29H31F3N2O3. The van der Waals surface area contributed by atoms with Crippen molar-refractivity contribution in [1.29, 1.82) is 0 Å². The summed E-state index contributed by atoms with van der Waals surface area (Å²) in [5.74, 6) is 0.412. The minimum Gasteiger partial charge on any atom is -0.504 e. The minimum atomic E-state index is -4.44. The standard InChI is InChI=1S/C29H31F3N2O3/c1-27-12-11-20(34(3)23(36)10-7-17-5-4-6-19(15-17)29(30,31)32)26-28(27)13-14-33(2)22(27)16-18-8-9-21(35)25(37-26)24(18)28/h4-10,15,20,22,26,35H,11-14,16H2,1-3H3/t20-,22-,26+,27+,28+/m1/s1. The zero-order valence-corrected chi connectivity index (χ0v) is 21.2. The van der Waals surface area contributed by atoms with Crippen molar-refractivity contribution in [2.24, 2.45) is 5.41 Å². The Hall–Kier alpha value is -3.00. The molecule has 2 fully saturated rings. The van der Waals surface area contributed by atoms with E-state index >= 15 is 0 Å². The van der Waals surface area contributed by atoms with Crippen molar-refractivity contribution >= 4 is 12.0 Å². The van der Waals surface area contributed by atoms with E-state index in [1.165, 1.54) is 23.8 Å². The van der Waals surface area contributed by atoms with E-state index in [2.05, 4.69) is 18.9 Å². The van der Waals surface area contributed by atoms with Crippen LogP contribution in [0.4, 0.5) is 13.2 Å². The van der Waals surface area contributed by atoms with Gasteiger partial charge in [0, 0.05) is 30.1 Å². The van der Waals surface area contributed by atoms with Gasteiger partial charge in [-0.25, -0.2) is 0 Å². The summed E-state index contributed by atoms with van der Waals surface area (Å²) in [5.41, 5.74) is 1.52. The lowest BCUT2D eigenvalue weighted by Gasteiger charge is -2.65. The van der Waals surface area contributed by atoms with Gasteiger partial charge in [-0.1, -0.05) is 25.1 Å². The molecule has 37 heavy (non-hydrogen) atoms. The van der Waals surface area contributed by atoms with Gasteiger partial charge in [0.25, 0.3) is 0 Å². The van der Waals surface area contributed by atoms with Gasteiger partial charge in [0.2, 0.25) is 5.91 Å². The number of carbonyl (C=O) groups is 1. The fraction of sp³-hybridized carbons (Fsp3) is 0.483. The summed E-state index contributed by atoms with van der Waals surface area (Å²) in [6.45, 7) is 3.26. The quantitative estimate of drug-likeness (QED) is 0.588. The van der Waals surface area contributed by atoms with Crippen LogP contribution in [0.25, 0.3) is 6.08 Å². The maximum Gasteiger partial charge on any atom is 0.416 e. The van der Waals surface area contributed by atoms with Gasteiger partial charge in [-0.05, 0) is 80.1 Å². The molecule has 2 aromatic carbocycles. The highest BCUT2D eigenvalue weighted by Gasteiger charge is 2.71. The first-order valence-corrected chi connectivity index (χ1v) is 12.8. The van der Waals surface area contributed by atoms with E-state index in [1.807, 2.05) is 6.07 Å². The number of ether oxygens (including phenoxy) is 1. The first-order valence-electron chi connectivity index (χ1n) is 12.8. The maximum absolute atomic E-state index is 13.3. The zero-order valence-electron chi connectivity index (χ0n) is 21.2. The smallest absolute Gasteiger partial charge is 0.416 e. The molecule has 1 N–H and O–H groups in total. The summed E-state index contributed by atoms with van der Waals surface area (Å²) in [6, 6.07) is 8.78. The Kier molecular flexibility index (Phi) is 5.26. The summed E-state index contributed by atoms with van der Waals surface area (Å²) >= 11 is 0. The summed E-state index contributed by atoms with van der Waals surface area (Å²) in [5, 5.41) is 10.8. The molecule has 1 spiro atoms. The summed E-state index contributed by atoms with van der Waals surface area (Å²) < 4.78 is 45.9. The fourth-order valence-electron chi connectivity index (χ4n) is 7.87. The largest absolute Gasteiger partial charge is 0.504 e. The third kappa shape index (κ3) is 3.30. The molecule has 2 aliphatic heterocycles. The van der Waals surface area contributed by atoms with E-state index < -0.39 is 11.7 Å². The number of piperidine rings is 1. The number of halogens is 3. The highest BCUT2D eigenvalue weighted by molar-refractivity contribution is 5.92. The number of hydrogen-bond acceptors (Lipinski definition) is 4. The first kappa shape index (κ1) is 24.3. The SMILES string of the molecule is CN1CC[C@]23c4c5ccc(O)c4O[C@H]2[C@H](N(C)C(=O)C=Cc2cccc(C(F)(F)F)c2)CC[C@@]3(C)[C@H]1C5. The third-order valence-corrected chi connectivity index (χ3v) is 9.74. The summed E-state index contributed by atoms with van der Waals surface area (Å²) in [6.07, 6.45) is 1.47. The molecule has 5 nitrogen and oxygen atoms in total. The third-order valence-electron chi connectivity index (χ3n) is 9.74. The van der Waals surface area contributed by atoms with Gasteiger partial charge >= 0.3 is 6.18 Å². The van der Waals surface area contributed by atoms with Gasteiger partial charge in [-0.15, -0.1) is 0 Å². The van der Waals surface area contributed by atoms with E-state index in [-0.39, 0.29) is 34.6 Å². The van der Waals surface area contributed by atoms with Gasteiger partial charge in [0.05, 0.1) is 11.6 Å². The Morgan fingerprint density at radius 3 is 2.78 bits per heavy atom. The van der Waals surface area contributed by atoms with Crippen LogP contribution in [0.2, 0.25) is 0 Å². The Labute approximate surface area is 214 Å². The number of nitrogens with zero attached hydrogens (tertiary/aromatic N) is 2. The number of likely N-dealkylation sites (tertiary alicyclic amines) is 1. The molecular weight excluding hydrogens is 481 g/mol. The predicted octanol–water partition coefficient (Wildman–Crippen LogP) is 5.01.